The van der Waals surface area contributed by atoms with Crippen molar-refractivity contribution in [1.82, 2.24) is 4.90 Å². The largest absolute Gasteiger partial charge is 0.459 e. The van der Waals surface area contributed by atoms with Gasteiger partial charge in [0, 0.05) is 31.8 Å². The fraction of sp³-hybridized carbons (Fsp3) is 0.857. The molecule has 12 nitrogen and oxygen atoms in total. The van der Waals surface area contributed by atoms with Crippen LogP contribution in [0.25, 0.3) is 0 Å². The number of nitrogens with zero attached hydrogens (tertiary/aromatic N) is 1. The molecule has 0 bridgehead atoms. The lowest BCUT2D eigenvalue weighted by Crippen LogP contribution is -2.61. The van der Waals surface area contributed by atoms with Gasteiger partial charge in [-0.05, 0) is 61.1 Å². The summed E-state index contributed by atoms with van der Waals surface area (Å²) in [5, 5.41) is 23.6. The summed E-state index contributed by atoms with van der Waals surface area (Å²) in [5.41, 5.74) is -2.96. The minimum Gasteiger partial charge on any atom is -0.459 e. The first-order valence-corrected chi connectivity index (χ1v) is 16.8. The van der Waals surface area contributed by atoms with Crippen LogP contribution in [0.3, 0.4) is 0 Å². The van der Waals surface area contributed by atoms with Crippen LogP contribution < -0.4 is 0 Å². The second kappa shape index (κ2) is 17.1. The smallest absolute Gasteiger partial charge is 0.311 e. The molecule has 2 N–H and O–H groups in total. The van der Waals surface area contributed by atoms with Gasteiger partial charge in [0.05, 0.1) is 48.6 Å². The van der Waals surface area contributed by atoms with Crippen molar-refractivity contribution < 1.29 is 53.0 Å². The molecule has 272 valence electrons. The van der Waals surface area contributed by atoms with Crippen LogP contribution in [0.4, 0.5) is 0 Å². The molecule has 0 spiro atoms. The second-order valence-electron chi connectivity index (χ2n) is 14.3. The molecule has 0 aromatic heterocycles. The summed E-state index contributed by atoms with van der Waals surface area (Å²) in [4.78, 5) is 41.9. The molecular formula is C35H61NO11. The Morgan fingerprint density at radius 1 is 1.11 bits per heavy atom. The van der Waals surface area contributed by atoms with Crippen LogP contribution in [0, 0.1) is 23.7 Å². The van der Waals surface area contributed by atoms with Crippen LogP contribution >= 0.6 is 0 Å². The van der Waals surface area contributed by atoms with Crippen LogP contribution in [0.15, 0.2) is 12.7 Å². The number of Topliss-reactive ketones (excluding diaryl/α,β-unsaturated/α-hetero) is 1. The summed E-state index contributed by atoms with van der Waals surface area (Å²) in [5.74, 6) is -4.67. The van der Waals surface area contributed by atoms with Crippen molar-refractivity contribution in [3.05, 3.63) is 12.7 Å². The van der Waals surface area contributed by atoms with Crippen molar-refractivity contribution in [2.24, 2.45) is 23.7 Å². The Kier molecular flexibility index (Phi) is 15.0. The predicted molar refractivity (Wildman–Crippen MR) is 175 cm³/mol. The van der Waals surface area contributed by atoms with Crippen molar-refractivity contribution in [1.29, 1.82) is 0 Å². The molecule has 0 aromatic carbocycles. The van der Waals surface area contributed by atoms with Crippen molar-refractivity contribution in [3.8, 4) is 0 Å². The van der Waals surface area contributed by atoms with Crippen molar-refractivity contribution in [3.63, 3.8) is 0 Å². The Balaban J connectivity index is 2.71. The number of rotatable bonds is 9. The van der Waals surface area contributed by atoms with E-state index in [9.17, 15) is 24.6 Å². The van der Waals surface area contributed by atoms with Crippen LogP contribution in [0.5, 0.6) is 0 Å². The lowest BCUT2D eigenvalue weighted by Gasteiger charge is -2.48. The summed E-state index contributed by atoms with van der Waals surface area (Å²) in [6, 6.07) is -0.235. The summed E-state index contributed by atoms with van der Waals surface area (Å²) in [6.07, 6.45) is -3.97. The van der Waals surface area contributed by atoms with Gasteiger partial charge in [-0.25, -0.2) is 0 Å². The quantitative estimate of drug-likeness (QED) is 0.274. The zero-order valence-electron chi connectivity index (χ0n) is 30.6. The maximum atomic E-state index is 14.1. The van der Waals surface area contributed by atoms with Gasteiger partial charge in [-0.2, -0.15) is 0 Å². The fourth-order valence-electron chi connectivity index (χ4n) is 7.36. The molecule has 0 amide bonds. The molecule has 0 aromatic rings. The summed E-state index contributed by atoms with van der Waals surface area (Å²) < 4.78 is 36.8. The first-order chi connectivity index (χ1) is 21.8. The molecular weight excluding hydrogens is 610 g/mol. The van der Waals surface area contributed by atoms with Crippen LogP contribution in [-0.4, -0.2) is 121 Å². The Hall–Kier alpha value is -1.93. The van der Waals surface area contributed by atoms with E-state index in [2.05, 4.69) is 6.58 Å². The first-order valence-electron chi connectivity index (χ1n) is 16.8. The maximum absolute atomic E-state index is 14.1. The average molecular weight is 672 g/mol. The monoisotopic (exact) mass is 671 g/mol. The van der Waals surface area contributed by atoms with E-state index < -0.39 is 83.6 Å². The van der Waals surface area contributed by atoms with E-state index in [0.29, 0.717) is 6.42 Å². The second-order valence-corrected chi connectivity index (χ2v) is 14.3. The molecule has 47 heavy (non-hydrogen) atoms. The number of likely N-dealkylation sites (N-methyl/N-ethyl adjacent to an activating group) is 1. The van der Waals surface area contributed by atoms with Gasteiger partial charge in [0.25, 0.3) is 0 Å². The molecule has 14 atom stereocenters. The highest BCUT2D eigenvalue weighted by Crippen LogP contribution is 2.40. The molecule has 0 aliphatic carbocycles. The minimum absolute atomic E-state index is 0.0623. The van der Waals surface area contributed by atoms with Gasteiger partial charge in [0.2, 0.25) is 0 Å². The number of carbonyl (C=O) groups is 3. The molecule has 0 radical (unpaired) electrons. The number of hydrogen-bond donors (Lipinski definition) is 2. The molecule has 2 fully saturated rings. The Bertz CT molecular complexity index is 1070. The van der Waals surface area contributed by atoms with Crippen molar-refractivity contribution in [2.45, 2.75) is 142 Å². The standard InChI is InChI=1S/C35H61NO11/c1-14-16-43-31-21(5)27(38)19(3)18-34(9,42-13)30(22(6)28(39)23(7)32(40)46-26(15-2)35(31,10)41)47-33-29(45-24(8)37)25(36(11)12)17-20(4)44-33/h14,19-23,25-26,28-31,33,39,41H,1,15-18H2,2-13H3/t19-,20-,21-,22+,23-,25+,26-,28+,29-,30-,31-,33+,34+,35-/m1/s1. The highest BCUT2D eigenvalue weighted by Gasteiger charge is 2.53. The normalized spacial score (nSPS) is 42.8. The molecule has 2 heterocycles. The molecule has 2 aliphatic heterocycles. The van der Waals surface area contributed by atoms with Gasteiger partial charge in [-0.1, -0.05) is 33.8 Å². The third-order valence-electron chi connectivity index (χ3n) is 10.2. The number of methoxy groups -OCH3 is 1. The molecule has 2 aliphatic rings. The van der Waals surface area contributed by atoms with E-state index in [0.717, 1.165) is 0 Å². The van der Waals surface area contributed by atoms with Crippen molar-refractivity contribution in [2.75, 3.05) is 27.8 Å². The van der Waals surface area contributed by atoms with E-state index in [1.807, 2.05) is 25.9 Å². The van der Waals surface area contributed by atoms with Gasteiger partial charge >= 0.3 is 11.9 Å². The van der Waals surface area contributed by atoms with Crippen LogP contribution in [-0.2, 0) is 42.8 Å². The summed E-state index contributed by atoms with van der Waals surface area (Å²) in [6.45, 7) is 18.8. The summed E-state index contributed by atoms with van der Waals surface area (Å²) >= 11 is 0. The average Bonchev–Trinajstić information content (AvgIpc) is 3.00. The Morgan fingerprint density at radius 3 is 2.23 bits per heavy atom. The molecule has 0 saturated carbocycles. The van der Waals surface area contributed by atoms with Gasteiger partial charge in [-0.15, -0.1) is 6.58 Å². The van der Waals surface area contributed by atoms with E-state index in [1.165, 1.54) is 27.0 Å². The summed E-state index contributed by atoms with van der Waals surface area (Å²) in [7, 11) is 5.27. The van der Waals surface area contributed by atoms with E-state index in [-0.39, 0.29) is 37.4 Å². The predicted octanol–water partition coefficient (Wildman–Crippen LogP) is 3.30. The zero-order chi connectivity index (χ0) is 36.0. The highest BCUT2D eigenvalue weighted by molar-refractivity contribution is 5.83. The van der Waals surface area contributed by atoms with E-state index in [1.54, 1.807) is 41.5 Å². The maximum Gasteiger partial charge on any atom is 0.311 e. The third-order valence-corrected chi connectivity index (χ3v) is 10.2. The zero-order valence-corrected chi connectivity index (χ0v) is 30.6. The minimum atomic E-state index is -1.75. The van der Waals surface area contributed by atoms with Crippen LogP contribution in [0.2, 0.25) is 0 Å². The number of cyclic esters (lactones) is 1. The van der Waals surface area contributed by atoms with Gasteiger partial charge in [0.1, 0.15) is 17.5 Å². The molecule has 2 saturated heterocycles. The molecule has 2 rings (SSSR count). The number of aliphatic hydroxyl groups excluding tert-OH is 1. The van der Waals surface area contributed by atoms with Crippen LogP contribution in [0.1, 0.15) is 81.6 Å². The number of ether oxygens (including phenoxy) is 6. The first kappa shape index (κ1) is 41.2. The van der Waals surface area contributed by atoms with Gasteiger partial charge in [0.15, 0.2) is 12.4 Å². The number of esters is 2. The van der Waals surface area contributed by atoms with Crippen molar-refractivity contribution >= 4 is 17.7 Å². The number of carbonyl (C=O) groups excluding carboxylic acids is 3. The number of ketones is 1. The molecule has 0 unspecified atom stereocenters. The lowest BCUT2D eigenvalue weighted by molar-refractivity contribution is -0.303. The highest BCUT2D eigenvalue weighted by atomic mass is 16.7. The van der Waals surface area contributed by atoms with Gasteiger partial charge < -0.3 is 43.5 Å². The topological polar surface area (TPSA) is 150 Å². The van der Waals surface area contributed by atoms with E-state index in [4.69, 9.17) is 28.4 Å². The number of aliphatic hydroxyl groups is 2. The molecule has 12 heteroatoms. The van der Waals surface area contributed by atoms with Gasteiger partial charge in [-0.3, -0.25) is 14.4 Å². The van der Waals surface area contributed by atoms with E-state index >= 15 is 0 Å². The SMILES string of the molecule is C=CCO[C@@H]1[C@H](C)C(=O)[C@H](C)C[C@](C)(OC)[C@H](O[C@@H]2O[C@H](C)C[C@H](N(C)C)[C@H]2OC(C)=O)[C@@H](C)[C@H](O)[C@@H](C)C(=O)O[C@H](CC)[C@@]1(C)O. The third kappa shape index (κ3) is 9.61. The lowest BCUT2D eigenvalue weighted by atomic mass is 9.74. The Morgan fingerprint density at radius 2 is 1.72 bits per heavy atom. The Labute approximate surface area is 281 Å². The number of hydrogen-bond acceptors (Lipinski definition) is 12. The fourth-order valence-corrected chi connectivity index (χ4v) is 7.36.